The van der Waals surface area contributed by atoms with Gasteiger partial charge in [-0.15, -0.1) is 0 Å². The fourth-order valence-corrected chi connectivity index (χ4v) is 2.11. The average molecular weight is 332 g/mol. The van der Waals surface area contributed by atoms with E-state index in [0.29, 0.717) is 11.7 Å². The van der Waals surface area contributed by atoms with E-state index in [-0.39, 0.29) is 18.6 Å². The Kier molecular flexibility index (Phi) is 6.06. The van der Waals surface area contributed by atoms with Crippen molar-refractivity contribution in [3.8, 4) is 5.75 Å². The van der Waals surface area contributed by atoms with Crippen LogP contribution in [0.25, 0.3) is 0 Å². The van der Waals surface area contributed by atoms with Gasteiger partial charge in [-0.3, -0.25) is 4.79 Å². The number of amides is 1. The summed E-state index contributed by atoms with van der Waals surface area (Å²) >= 11 is 0. The van der Waals surface area contributed by atoms with Crippen molar-refractivity contribution in [3.63, 3.8) is 0 Å². The molecule has 2 aromatic rings. The molecule has 0 bridgehead atoms. The highest BCUT2D eigenvalue weighted by molar-refractivity contribution is 5.77. The van der Waals surface area contributed by atoms with Crippen LogP contribution in [0.4, 0.5) is 10.3 Å². The molecule has 0 saturated carbocycles. The Bertz CT molecular complexity index is 677. The second kappa shape index (κ2) is 8.24. The fraction of sp³-hybridized carbons (Fsp3) is 0.353. The molecule has 2 rings (SSSR count). The SMILES string of the molecule is CCC(Nc1ncc(F)cn1)c1ccccc1OCC(=O)N(C)C. The summed E-state index contributed by atoms with van der Waals surface area (Å²) in [6, 6.07) is 7.35. The minimum Gasteiger partial charge on any atom is -0.483 e. The summed E-state index contributed by atoms with van der Waals surface area (Å²) in [6.07, 6.45) is 2.96. The molecule has 1 heterocycles. The zero-order valence-electron chi connectivity index (χ0n) is 14.0. The summed E-state index contributed by atoms with van der Waals surface area (Å²) in [7, 11) is 3.36. The van der Waals surface area contributed by atoms with Crippen LogP contribution in [0, 0.1) is 5.82 Å². The maximum absolute atomic E-state index is 12.9. The number of anilines is 1. The number of nitrogens with one attached hydrogen (secondary N) is 1. The Morgan fingerprint density at radius 1 is 1.29 bits per heavy atom. The minimum atomic E-state index is -0.487. The molecule has 0 spiro atoms. The van der Waals surface area contributed by atoms with E-state index in [9.17, 15) is 9.18 Å². The van der Waals surface area contributed by atoms with Gasteiger partial charge in [-0.2, -0.15) is 0 Å². The van der Waals surface area contributed by atoms with E-state index in [0.717, 1.165) is 24.4 Å². The first-order valence-electron chi connectivity index (χ1n) is 7.67. The summed E-state index contributed by atoms with van der Waals surface area (Å²) < 4.78 is 18.6. The maximum Gasteiger partial charge on any atom is 0.259 e. The lowest BCUT2D eigenvalue weighted by Gasteiger charge is -2.21. The van der Waals surface area contributed by atoms with Crippen molar-refractivity contribution in [2.75, 3.05) is 26.0 Å². The molecule has 0 aliphatic rings. The van der Waals surface area contributed by atoms with Gasteiger partial charge in [0.15, 0.2) is 12.4 Å². The van der Waals surface area contributed by atoms with Crippen LogP contribution in [-0.2, 0) is 4.79 Å². The molecule has 7 heteroatoms. The third-order valence-corrected chi connectivity index (χ3v) is 3.48. The highest BCUT2D eigenvalue weighted by Gasteiger charge is 2.16. The van der Waals surface area contributed by atoms with Crippen molar-refractivity contribution in [3.05, 3.63) is 48.0 Å². The van der Waals surface area contributed by atoms with Crippen LogP contribution in [0.2, 0.25) is 0 Å². The van der Waals surface area contributed by atoms with Gasteiger partial charge in [0, 0.05) is 19.7 Å². The van der Waals surface area contributed by atoms with Gasteiger partial charge in [0.25, 0.3) is 5.91 Å². The Morgan fingerprint density at radius 3 is 2.58 bits per heavy atom. The van der Waals surface area contributed by atoms with Crippen molar-refractivity contribution < 1.29 is 13.9 Å². The molecule has 6 nitrogen and oxygen atoms in total. The Morgan fingerprint density at radius 2 is 1.96 bits per heavy atom. The van der Waals surface area contributed by atoms with E-state index < -0.39 is 5.82 Å². The third-order valence-electron chi connectivity index (χ3n) is 3.48. The van der Waals surface area contributed by atoms with Crippen molar-refractivity contribution in [2.45, 2.75) is 19.4 Å². The summed E-state index contributed by atoms with van der Waals surface area (Å²) in [6.45, 7) is 1.97. The van der Waals surface area contributed by atoms with Crippen LogP contribution < -0.4 is 10.1 Å². The zero-order valence-corrected chi connectivity index (χ0v) is 14.0. The average Bonchev–Trinajstić information content (AvgIpc) is 2.59. The number of nitrogens with zero attached hydrogens (tertiary/aromatic N) is 3. The fourth-order valence-electron chi connectivity index (χ4n) is 2.11. The highest BCUT2D eigenvalue weighted by Crippen LogP contribution is 2.29. The number of rotatable bonds is 7. The van der Waals surface area contributed by atoms with Gasteiger partial charge < -0.3 is 15.0 Å². The normalized spacial score (nSPS) is 11.7. The predicted molar refractivity (Wildman–Crippen MR) is 89.3 cm³/mol. The van der Waals surface area contributed by atoms with E-state index in [2.05, 4.69) is 15.3 Å². The topological polar surface area (TPSA) is 67.4 Å². The number of likely N-dealkylation sites (N-methyl/N-ethyl adjacent to an activating group) is 1. The summed E-state index contributed by atoms with van der Waals surface area (Å²) in [5, 5.41) is 3.16. The zero-order chi connectivity index (χ0) is 17.5. The van der Waals surface area contributed by atoms with Crippen molar-refractivity contribution in [2.24, 2.45) is 0 Å². The molecule has 1 amide bonds. The van der Waals surface area contributed by atoms with E-state index in [1.54, 1.807) is 14.1 Å². The first kappa shape index (κ1) is 17.7. The van der Waals surface area contributed by atoms with Crippen LogP contribution in [-0.4, -0.2) is 41.5 Å². The van der Waals surface area contributed by atoms with Gasteiger partial charge in [0.05, 0.1) is 18.4 Å². The van der Waals surface area contributed by atoms with Crippen LogP contribution in [0.1, 0.15) is 24.9 Å². The molecule has 1 aromatic carbocycles. The van der Waals surface area contributed by atoms with Crippen molar-refractivity contribution in [1.82, 2.24) is 14.9 Å². The lowest BCUT2D eigenvalue weighted by molar-refractivity contribution is -0.130. The monoisotopic (exact) mass is 332 g/mol. The second-order valence-electron chi connectivity index (χ2n) is 5.44. The van der Waals surface area contributed by atoms with Gasteiger partial charge in [-0.25, -0.2) is 14.4 Å². The molecular formula is C17H21FN4O2. The Balaban J connectivity index is 2.15. The number of ether oxygens (including phenoxy) is 1. The summed E-state index contributed by atoms with van der Waals surface area (Å²) in [5.74, 6) is 0.351. The lowest BCUT2D eigenvalue weighted by atomic mass is 10.0. The summed E-state index contributed by atoms with van der Waals surface area (Å²) in [5.41, 5.74) is 0.888. The van der Waals surface area contributed by atoms with Crippen LogP contribution in [0.15, 0.2) is 36.7 Å². The number of halogens is 1. The first-order valence-corrected chi connectivity index (χ1v) is 7.67. The Hall–Kier alpha value is -2.70. The van der Waals surface area contributed by atoms with Gasteiger partial charge in [0.2, 0.25) is 5.95 Å². The smallest absolute Gasteiger partial charge is 0.259 e. The standard InChI is InChI=1S/C17H21FN4O2/c1-4-14(21-17-19-9-12(18)10-20-17)13-7-5-6-8-15(13)24-11-16(23)22(2)3/h5-10,14H,4,11H2,1-3H3,(H,19,20,21). The van der Waals surface area contributed by atoms with Gasteiger partial charge in [-0.05, 0) is 12.5 Å². The number of hydrogen-bond acceptors (Lipinski definition) is 5. The molecular weight excluding hydrogens is 311 g/mol. The number of para-hydroxylation sites is 1. The first-order chi connectivity index (χ1) is 11.5. The summed E-state index contributed by atoms with van der Waals surface area (Å²) in [4.78, 5) is 21.0. The number of aromatic nitrogens is 2. The predicted octanol–water partition coefficient (Wildman–Crippen LogP) is 2.65. The molecule has 1 aromatic heterocycles. The largest absolute Gasteiger partial charge is 0.483 e. The number of benzene rings is 1. The number of carbonyl (C=O) groups excluding carboxylic acids is 1. The van der Waals surface area contributed by atoms with E-state index in [4.69, 9.17) is 4.74 Å². The lowest BCUT2D eigenvalue weighted by Crippen LogP contribution is -2.28. The van der Waals surface area contributed by atoms with Gasteiger partial charge in [0.1, 0.15) is 5.75 Å². The van der Waals surface area contributed by atoms with Crippen LogP contribution >= 0.6 is 0 Å². The molecule has 0 aliphatic carbocycles. The number of carbonyl (C=O) groups is 1. The molecule has 1 atom stereocenters. The van der Waals surface area contributed by atoms with Gasteiger partial charge in [-0.1, -0.05) is 25.1 Å². The van der Waals surface area contributed by atoms with E-state index in [1.807, 2.05) is 31.2 Å². The maximum atomic E-state index is 12.9. The van der Waals surface area contributed by atoms with Gasteiger partial charge >= 0.3 is 0 Å². The third kappa shape index (κ3) is 4.65. The molecule has 0 aliphatic heterocycles. The molecule has 0 fully saturated rings. The molecule has 24 heavy (non-hydrogen) atoms. The highest BCUT2D eigenvalue weighted by atomic mass is 19.1. The quantitative estimate of drug-likeness (QED) is 0.844. The minimum absolute atomic E-state index is 0.0342. The van der Waals surface area contributed by atoms with Crippen molar-refractivity contribution >= 4 is 11.9 Å². The van der Waals surface area contributed by atoms with Crippen molar-refractivity contribution in [1.29, 1.82) is 0 Å². The van der Waals surface area contributed by atoms with Crippen LogP contribution in [0.5, 0.6) is 5.75 Å². The van der Waals surface area contributed by atoms with E-state index >= 15 is 0 Å². The van der Waals surface area contributed by atoms with E-state index in [1.165, 1.54) is 4.90 Å². The Labute approximate surface area is 140 Å². The molecule has 128 valence electrons. The number of hydrogen-bond donors (Lipinski definition) is 1. The molecule has 1 unspecified atom stereocenters. The molecule has 1 N–H and O–H groups in total. The van der Waals surface area contributed by atoms with Crippen LogP contribution in [0.3, 0.4) is 0 Å². The second-order valence-corrected chi connectivity index (χ2v) is 5.44. The molecule has 0 saturated heterocycles. The molecule has 0 radical (unpaired) electrons.